The lowest BCUT2D eigenvalue weighted by Crippen LogP contribution is -2.12. The monoisotopic (exact) mass is 197 g/mol. The largest absolute Gasteiger partial charge is 0.282 e. The summed E-state index contributed by atoms with van der Waals surface area (Å²) in [6, 6.07) is 0. The first-order valence-electron chi connectivity index (χ1n) is 4.67. The van der Waals surface area contributed by atoms with Gasteiger partial charge >= 0.3 is 0 Å². The SMILES string of the molecule is O=C1N=CN=C2N=C3C=CC=CCC3=C12. The summed E-state index contributed by atoms with van der Waals surface area (Å²) in [5.41, 5.74) is 2.32. The highest BCUT2D eigenvalue weighted by Crippen LogP contribution is 2.26. The van der Waals surface area contributed by atoms with E-state index in [0.29, 0.717) is 17.8 Å². The number of carbonyl (C=O) groups excluding carboxylic acids is 1. The van der Waals surface area contributed by atoms with Crippen LogP contribution in [0.25, 0.3) is 0 Å². The smallest absolute Gasteiger partial charge is 0.267 e. The third-order valence-corrected chi connectivity index (χ3v) is 2.45. The zero-order valence-electron chi connectivity index (χ0n) is 7.84. The van der Waals surface area contributed by atoms with Crippen LogP contribution in [0, 0.1) is 0 Å². The van der Waals surface area contributed by atoms with Crippen molar-refractivity contribution >= 4 is 23.8 Å². The van der Waals surface area contributed by atoms with Crippen molar-refractivity contribution in [2.75, 3.05) is 0 Å². The lowest BCUT2D eigenvalue weighted by molar-refractivity contribution is -0.113. The molecule has 0 radical (unpaired) electrons. The van der Waals surface area contributed by atoms with E-state index in [4.69, 9.17) is 0 Å². The summed E-state index contributed by atoms with van der Waals surface area (Å²) in [4.78, 5) is 23.5. The molecule has 3 aliphatic rings. The molecule has 0 atom stereocenters. The Morgan fingerprint density at radius 3 is 3.13 bits per heavy atom. The topological polar surface area (TPSA) is 54.1 Å². The number of rotatable bonds is 0. The van der Waals surface area contributed by atoms with Crippen LogP contribution in [0.2, 0.25) is 0 Å². The zero-order valence-corrected chi connectivity index (χ0v) is 7.84. The van der Waals surface area contributed by atoms with Gasteiger partial charge in [0.15, 0.2) is 5.84 Å². The van der Waals surface area contributed by atoms with Crippen LogP contribution in [0.5, 0.6) is 0 Å². The third kappa shape index (κ3) is 1.15. The van der Waals surface area contributed by atoms with E-state index in [0.717, 1.165) is 11.3 Å². The average molecular weight is 197 g/mol. The van der Waals surface area contributed by atoms with Crippen molar-refractivity contribution in [1.82, 2.24) is 0 Å². The minimum atomic E-state index is -0.238. The van der Waals surface area contributed by atoms with E-state index in [2.05, 4.69) is 15.0 Å². The Hall–Kier alpha value is -2.10. The molecule has 2 heterocycles. The zero-order chi connectivity index (χ0) is 10.3. The number of carbonyl (C=O) groups is 1. The van der Waals surface area contributed by atoms with Gasteiger partial charge < -0.3 is 0 Å². The fourth-order valence-corrected chi connectivity index (χ4v) is 1.77. The van der Waals surface area contributed by atoms with E-state index in [-0.39, 0.29) is 5.91 Å². The van der Waals surface area contributed by atoms with Crippen LogP contribution in [0.1, 0.15) is 6.42 Å². The van der Waals surface area contributed by atoms with Crippen molar-refractivity contribution in [3.05, 3.63) is 35.5 Å². The standard InChI is InChI=1S/C11H7N3O/c15-11-9-7-4-2-1-3-5-8(7)14-10(9)12-6-13-11/h1-3,5-6H,4H2. The number of amidine groups is 1. The van der Waals surface area contributed by atoms with Crippen molar-refractivity contribution < 1.29 is 4.79 Å². The fraction of sp³-hybridized carbons (Fsp3) is 0.0909. The summed E-state index contributed by atoms with van der Waals surface area (Å²) in [5.74, 6) is 0.261. The van der Waals surface area contributed by atoms with Gasteiger partial charge in [-0.2, -0.15) is 4.99 Å². The second-order valence-electron chi connectivity index (χ2n) is 3.34. The molecular formula is C11H7N3O. The van der Waals surface area contributed by atoms with Gasteiger partial charge in [-0.1, -0.05) is 18.2 Å². The molecule has 0 saturated heterocycles. The molecule has 15 heavy (non-hydrogen) atoms. The van der Waals surface area contributed by atoms with Gasteiger partial charge in [0.05, 0.1) is 11.3 Å². The van der Waals surface area contributed by atoms with E-state index < -0.39 is 0 Å². The van der Waals surface area contributed by atoms with Crippen LogP contribution in [0.15, 0.2) is 50.4 Å². The molecule has 0 aromatic carbocycles. The molecule has 1 aliphatic carbocycles. The van der Waals surface area contributed by atoms with Crippen LogP contribution < -0.4 is 0 Å². The highest BCUT2D eigenvalue weighted by molar-refractivity contribution is 6.37. The number of fused-ring (bicyclic) bond motifs is 2. The van der Waals surface area contributed by atoms with E-state index in [1.165, 1.54) is 6.34 Å². The molecule has 4 heteroatoms. The molecule has 0 bridgehead atoms. The first kappa shape index (κ1) is 8.23. The van der Waals surface area contributed by atoms with Gasteiger partial charge in [-0.15, -0.1) is 0 Å². The Labute approximate surface area is 86.1 Å². The van der Waals surface area contributed by atoms with Gasteiger partial charge in [0.1, 0.15) is 6.34 Å². The molecular weight excluding hydrogens is 190 g/mol. The maximum Gasteiger partial charge on any atom is 0.282 e. The van der Waals surface area contributed by atoms with Crippen molar-refractivity contribution in [2.24, 2.45) is 15.0 Å². The summed E-state index contributed by atoms with van der Waals surface area (Å²) >= 11 is 0. The average Bonchev–Trinajstić information content (AvgIpc) is 2.43. The first-order valence-corrected chi connectivity index (χ1v) is 4.67. The second-order valence-corrected chi connectivity index (χ2v) is 3.34. The Morgan fingerprint density at radius 1 is 1.27 bits per heavy atom. The lowest BCUT2D eigenvalue weighted by Gasteiger charge is -2.03. The number of hydrogen-bond acceptors (Lipinski definition) is 3. The summed E-state index contributed by atoms with van der Waals surface area (Å²) in [5, 5.41) is 0. The minimum Gasteiger partial charge on any atom is -0.267 e. The molecule has 1 amide bonds. The van der Waals surface area contributed by atoms with Crippen molar-refractivity contribution in [3.8, 4) is 0 Å². The molecule has 2 aliphatic heterocycles. The molecule has 0 aromatic rings. The summed E-state index contributed by atoms with van der Waals surface area (Å²) in [7, 11) is 0. The number of amides is 1. The quantitative estimate of drug-likeness (QED) is 0.576. The van der Waals surface area contributed by atoms with Crippen molar-refractivity contribution in [1.29, 1.82) is 0 Å². The van der Waals surface area contributed by atoms with E-state index >= 15 is 0 Å². The van der Waals surface area contributed by atoms with Gasteiger partial charge in [0, 0.05) is 0 Å². The van der Waals surface area contributed by atoms with Crippen LogP contribution in [-0.4, -0.2) is 23.8 Å². The number of nitrogens with zero attached hydrogens (tertiary/aromatic N) is 3. The first-order chi connectivity index (χ1) is 7.36. The van der Waals surface area contributed by atoms with Crippen LogP contribution >= 0.6 is 0 Å². The normalized spacial score (nSPS) is 22.3. The summed E-state index contributed by atoms with van der Waals surface area (Å²) in [6.07, 6.45) is 9.71. The third-order valence-electron chi connectivity index (χ3n) is 2.45. The number of hydrogen-bond donors (Lipinski definition) is 0. The maximum atomic E-state index is 11.6. The molecule has 0 N–H and O–H groups in total. The molecule has 0 saturated carbocycles. The van der Waals surface area contributed by atoms with Crippen LogP contribution in [0.4, 0.5) is 0 Å². The Kier molecular flexibility index (Phi) is 1.62. The Morgan fingerprint density at radius 2 is 2.20 bits per heavy atom. The molecule has 3 rings (SSSR count). The molecule has 72 valence electrons. The van der Waals surface area contributed by atoms with Gasteiger partial charge in [-0.05, 0) is 18.1 Å². The Balaban J connectivity index is 2.21. The highest BCUT2D eigenvalue weighted by atomic mass is 16.1. The lowest BCUT2D eigenvalue weighted by atomic mass is 10.0. The molecule has 0 spiro atoms. The Bertz CT molecular complexity index is 530. The van der Waals surface area contributed by atoms with Crippen molar-refractivity contribution in [3.63, 3.8) is 0 Å². The van der Waals surface area contributed by atoms with Crippen LogP contribution in [0.3, 0.4) is 0 Å². The molecule has 4 nitrogen and oxygen atoms in total. The number of aliphatic imine (C=N–C) groups is 3. The highest BCUT2D eigenvalue weighted by Gasteiger charge is 2.29. The van der Waals surface area contributed by atoms with E-state index in [1.807, 2.05) is 24.3 Å². The van der Waals surface area contributed by atoms with E-state index in [9.17, 15) is 4.79 Å². The second kappa shape index (κ2) is 2.95. The van der Waals surface area contributed by atoms with Gasteiger partial charge in [0.2, 0.25) is 0 Å². The molecule has 0 aromatic heterocycles. The minimum absolute atomic E-state index is 0.238. The molecule has 0 unspecified atom stereocenters. The van der Waals surface area contributed by atoms with Gasteiger partial charge in [0.25, 0.3) is 5.91 Å². The van der Waals surface area contributed by atoms with Gasteiger partial charge in [-0.3, -0.25) is 4.79 Å². The maximum absolute atomic E-state index is 11.6. The van der Waals surface area contributed by atoms with Crippen molar-refractivity contribution in [2.45, 2.75) is 6.42 Å². The summed E-state index contributed by atoms with van der Waals surface area (Å²) < 4.78 is 0. The predicted octanol–water partition coefficient (Wildman–Crippen LogP) is 1.22. The molecule has 0 fully saturated rings. The fourth-order valence-electron chi connectivity index (χ4n) is 1.77. The van der Waals surface area contributed by atoms with Gasteiger partial charge in [-0.25, -0.2) is 9.98 Å². The van der Waals surface area contributed by atoms with Crippen LogP contribution in [-0.2, 0) is 4.79 Å². The summed E-state index contributed by atoms with van der Waals surface area (Å²) in [6.45, 7) is 0. The van der Waals surface area contributed by atoms with E-state index in [1.54, 1.807) is 0 Å². The number of allylic oxidation sites excluding steroid dienone is 5. The predicted molar refractivity (Wildman–Crippen MR) is 58.3 cm³/mol.